The molecule has 1 unspecified atom stereocenters. The third-order valence-electron chi connectivity index (χ3n) is 7.61. The van der Waals surface area contributed by atoms with Crippen LogP contribution in [0.2, 0.25) is 0 Å². The van der Waals surface area contributed by atoms with Crippen LogP contribution in [0.25, 0.3) is 32.7 Å². The van der Waals surface area contributed by atoms with E-state index in [1.54, 1.807) is 0 Å². The highest BCUT2D eigenvalue weighted by molar-refractivity contribution is 8.03. The zero-order valence-electron chi connectivity index (χ0n) is 20.1. The van der Waals surface area contributed by atoms with E-state index < -0.39 is 0 Å². The first kappa shape index (κ1) is 20.9. The highest BCUT2D eigenvalue weighted by Gasteiger charge is 2.33. The van der Waals surface area contributed by atoms with Crippen LogP contribution in [-0.2, 0) is 0 Å². The molecule has 2 aliphatic rings. The van der Waals surface area contributed by atoms with Crippen LogP contribution in [-0.4, -0.2) is 0 Å². The van der Waals surface area contributed by atoms with E-state index in [4.69, 9.17) is 4.42 Å². The third kappa shape index (κ3) is 3.14. The van der Waals surface area contributed by atoms with Crippen LogP contribution in [0.1, 0.15) is 17.9 Å². The van der Waals surface area contributed by atoms with Gasteiger partial charge in [0.05, 0.1) is 11.4 Å². The number of benzene rings is 5. The first-order valence-electron chi connectivity index (χ1n) is 12.7. The molecule has 1 aliphatic carbocycles. The van der Waals surface area contributed by atoms with E-state index in [-0.39, 0.29) is 0 Å². The van der Waals surface area contributed by atoms with E-state index in [2.05, 4.69) is 120 Å². The van der Waals surface area contributed by atoms with Crippen molar-refractivity contribution in [2.45, 2.75) is 17.2 Å². The quantitative estimate of drug-likeness (QED) is 0.244. The lowest BCUT2D eigenvalue weighted by Crippen LogP contribution is -2.14. The monoisotopic (exact) mass is 493 g/mol. The number of para-hydroxylation sites is 2. The highest BCUT2D eigenvalue weighted by Crippen LogP contribution is 2.56. The molecule has 0 spiro atoms. The van der Waals surface area contributed by atoms with Crippen LogP contribution >= 0.6 is 11.8 Å². The maximum atomic E-state index is 6.42. The van der Waals surface area contributed by atoms with Crippen LogP contribution in [0.3, 0.4) is 0 Å². The number of hydrogen-bond acceptors (Lipinski definition) is 3. The van der Waals surface area contributed by atoms with Gasteiger partial charge in [-0.3, -0.25) is 0 Å². The summed E-state index contributed by atoms with van der Waals surface area (Å²) < 4.78 is 6.42. The molecule has 8 rings (SSSR count). The summed E-state index contributed by atoms with van der Waals surface area (Å²) >= 11 is 1.92. The maximum absolute atomic E-state index is 6.42. The lowest BCUT2D eigenvalue weighted by molar-refractivity contribution is 0.672. The van der Waals surface area contributed by atoms with Crippen molar-refractivity contribution in [3.05, 3.63) is 132 Å². The normalized spacial score (nSPS) is 16.2. The Kier molecular flexibility index (Phi) is 4.61. The van der Waals surface area contributed by atoms with Crippen molar-refractivity contribution in [2.75, 3.05) is 4.90 Å². The first-order chi connectivity index (χ1) is 18.4. The smallest absolute Gasteiger partial charge is 0.143 e. The van der Waals surface area contributed by atoms with E-state index >= 15 is 0 Å². The summed E-state index contributed by atoms with van der Waals surface area (Å²) in [6, 6.07) is 36.9. The minimum Gasteiger partial charge on any atom is -0.455 e. The largest absolute Gasteiger partial charge is 0.455 e. The van der Waals surface area contributed by atoms with Gasteiger partial charge in [-0.05, 0) is 59.4 Å². The molecule has 0 radical (unpaired) electrons. The molecule has 0 fully saturated rings. The zero-order chi connectivity index (χ0) is 24.3. The summed E-state index contributed by atoms with van der Waals surface area (Å²) in [6.07, 6.45) is 7.82. The maximum Gasteiger partial charge on any atom is 0.143 e. The lowest BCUT2D eigenvalue weighted by atomic mass is 9.90. The standard InChI is InChI=1S/C34H23NOS/c1-2-10-22(11-3-1)35(29-16-9-19-32-33(29)27-13-5-7-18-31(27)37-32)28-15-8-14-25-23(28)20-21-26-24-12-4-6-17-30(24)36-34(25)26/h1-12,14-21,27H,13H2. The molecule has 176 valence electrons. The molecular weight excluding hydrogens is 470 g/mol. The summed E-state index contributed by atoms with van der Waals surface area (Å²) in [6.45, 7) is 0. The van der Waals surface area contributed by atoms with E-state index in [1.165, 1.54) is 26.4 Å². The fourth-order valence-corrected chi connectivity index (χ4v) is 7.23. The number of nitrogens with zero attached hydrogens (tertiary/aromatic N) is 1. The zero-order valence-corrected chi connectivity index (χ0v) is 20.9. The van der Waals surface area contributed by atoms with Gasteiger partial charge in [0.2, 0.25) is 0 Å². The Morgan fingerprint density at radius 2 is 1.43 bits per heavy atom. The Morgan fingerprint density at radius 1 is 0.676 bits per heavy atom. The Labute approximate surface area is 219 Å². The van der Waals surface area contributed by atoms with Crippen molar-refractivity contribution >= 4 is 61.5 Å². The van der Waals surface area contributed by atoms with Gasteiger partial charge in [0.1, 0.15) is 11.2 Å². The second kappa shape index (κ2) is 8.16. The average molecular weight is 494 g/mol. The molecule has 0 saturated heterocycles. The molecule has 0 saturated carbocycles. The number of thioether (sulfide) groups is 1. The highest BCUT2D eigenvalue weighted by atomic mass is 32.2. The lowest BCUT2D eigenvalue weighted by Gasteiger charge is -2.30. The molecular formula is C34H23NOS. The molecule has 0 N–H and O–H groups in total. The summed E-state index contributed by atoms with van der Waals surface area (Å²) in [7, 11) is 0. The average Bonchev–Trinajstić information content (AvgIpc) is 3.53. The second-order valence-corrected chi connectivity index (χ2v) is 10.8. The topological polar surface area (TPSA) is 16.4 Å². The molecule has 2 heterocycles. The Balaban J connectivity index is 1.41. The van der Waals surface area contributed by atoms with Crippen molar-refractivity contribution in [2.24, 2.45) is 0 Å². The van der Waals surface area contributed by atoms with Gasteiger partial charge < -0.3 is 9.32 Å². The third-order valence-corrected chi connectivity index (χ3v) is 8.84. The van der Waals surface area contributed by atoms with Crippen molar-refractivity contribution in [1.82, 2.24) is 0 Å². The van der Waals surface area contributed by atoms with Crippen LogP contribution in [0, 0.1) is 0 Å². The van der Waals surface area contributed by atoms with Crippen LogP contribution in [0.5, 0.6) is 0 Å². The van der Waals surface area contributed by atoms with Gasteiger partial charge in [0, 0.05) is 38.0 Å². The number of anilines is 3. The van der Waals surface area contributed by atoms with Crippen molar-refractivity contribution in [3.63, 3.8) is 0 Å². The minimum absolute atomic E-state index is 0.407. The number of furan rings is 1. The molecule has 1 atom stereocenters. The van der Waals surface area contributed by atoms with Gasteiger partial charge >= 0.3 is 0 Å². The number of allylic oxidation sites excluding steroid dienone is 4. The van der Waals surface area contributed by atoms with Crippen LogP contribution in [0.4, 0.5) is 17.1 Å². The van der Waals surface area contributed by atoms with Gasteiger partial charge in [-0.25, -0.2) is 0 Å². The number of hydrogen-bond donors (Lipinski definition) is 0. The summed E-state index contributed by atoms with van der Waals surface area (Å²) in [4.78, 5) is 5.25. The molecule has 0 amide bonds. The number of fused-ring (bicyclic) bond motifs is 8. The van der Waals surface area contributed by atoms with Crippen LogP contribution < -0.4 is 4.90 Å². The predicted octanol–water partition coefficient (Wildman–Crippen LogP) is 10.2. The molecule has 5 aromatic carbocycles. The molecule has 3 heteroatoms. The molecule has 37 heavy (non-hydrogen) atoms. The van der Waals surface area contributed by atoms with Crippen molar-refractivity contribution < 1.29 is 4.42 Å². The Bertz CT molecular complexity index is 1900. The van der Waals surface area contributed by atoms with Gasteiger partial charge in [-0.2, -0.15) is 0 Å². The molecule has 1 aromatic heterocycles. The van der Waals surface area contributed by atoms with Crippen molar-refractivity contribution in [1.29, 1.82) is 0 Å². The SMILES string of the molecule is C1=CCC2C(=C1)Sc1cccc(N(c3ccccc3)c3cccc4c3ccc3c5ccccc5oc43)c12. The van der Waals surface area contributed by atoms with Gasteiger partial charge in [-0.1, -0.05) is 90.7 Å². The Hall–Kier alpha value is -4.21. The van der Waals surface area contributed by atoms with Gasteiger partial charge in [0.25, 0.3) is 0 Å². The first-order valence-corrected chi connectivity index (χ1v) is 13.5. The minimum atomic E-state index is 0.407. The van der Waals surface area contributed by atoms with E-state index in [0.29, 0.717) is 5.92 Å². The molecule has 0 bridgehead atoms. The van der Waals surface area contributed by atoms with Crippen LogP contribution in [0.15, 0.2) is 136 Å². The fraction of sp³-hybridized carbons (Fsp3) is 0.0588. The molecule has 2 nitrogen and oxygen atoms in total. The Morgan fingerprint density at radius 3 is 2.38 bits per heavy atom. The van der Waals surface area contributed by atoms with Crippen molar-refractivity contribution in [3.8, 4) is 0 Å². The van der Waals surface area contributed by atoms with Gasteiger partial charge in [0.15, 0.2) is 0 Å². The molecule has 1 aliphatic heterocycles. The predicted molar refractivity (Wildman–Crippen MR) is 156 cm³/mol. The summed E-state index contributed by atoms with van der Waals surface area (Å²) in [5.41, 5.74) is 6.86. The fourth-order valence-electron chi connectivity index (χ4n) is 5.97. The summed E-state index contributed by atoms with van der Waals surface area (Å²) in [5.74, 6) is 0.407. The van der Waals surface area contributed by atoms with Gasteiger partial charge in [-0.15, -0.1) is 0 Å². The van der Waals surface area contributed by atoms with E-state index in [9.17, 15) is 0 Å². The van der Waals surface area contributed by atoms with E-state index in [0.717, 1.165) is 45.1 Å². The molecule has 6 aromatic rings. The summed E-state index contributed by atoms with van der Waals surface area (Å²) in [5, 5.41) is 4.63. The second-order valence-electron chi connectivity index (χ2n) is 9.66. The van der Waals surface area contributed by atoms with E-state index in [1.807, 2.05) is 17.8 Å². The number of rotatable bonds is 3.